The van der Waals surface area contributed by atoms with E-state index in [1.165, 1.54) is 36.1 Å². The first-order valence-electron chi connectivity index (χ1n) is 5.70. The van der Waals surface area contributed by atoms with Gasteiger partial charge in [0.2, 0.25) is 0 Å². The molecule has 84 valence electrons. The van der Waals surface area contributed by atoms with Crippen LogP contribution < -0.4 is 5.73 Å². The van der Waals surface area contributed by atoms with Gasteiger partial charge < -0.3 is 5.73 Å². The van der Waals surface area contributed by atoms with Crippen molar-refractivity contribution in [3.8, 4) is 0 Å². The Morgan fingerprint density at radius 2 is 2.27 bits per heavy atom. The molecule has 1 saturated carbocycles. The van der Waals surface area contributed by atoms with Gasteiger partial charge in [-0.15, -0.1) is 23.1 Å². The first-order valence-corrected chi connectivity index (χ1v) is 7.53. The van der Waals surface area contributed by atoms with E-state index in [1.807, 2.05) is 11.3 Å². The van der Waals surface area contributed by atoms with Gasteiger partial charge in [-0.2, -0.15) is 0 Å². The van der Waals surface area contributed by atoms with Crippen molar-refractivity contribution in [3.63, 3.8) is 0 Å². The monoisotopic (exact) mass is 241 g/mol. The summed E-state index contributed by atoms with van der Waals surface area (Å²) < 4.78 is 0. The summed E-state index contributed by atoms with van der Waals surface area (Å²) >= 11 is 3.97. The molecule has 1 aromatic heterocycles. The molecule has 2 N–H and O–H groups in total. The summed E-state index contributed by atoms with van der Waals surface area (Å²) in [5.74, 6) is 0. The van der Waals surface area contributed by atoms with E-state index in [1.54, 1.807) is 0 Å². The average molecular weight is 241 g/mol. The van der Waals surface area contributed by atoms with Crippen LogP contribution in [-0.4, -0.2) is 11.8 Å². The molecular weight excluding hydrogens is 222 g/mol. The molecule has 1 aliphatic rings. The highest BCUT2D eigenvalue weighted by Crippen LogP contribution is 2.41. The molecule has 0 spiro atoms. The molecule has 2 rings (SSSR count). The van der Waals surface area contributed by atoms with Crippen LogP contribution in [0, 0.1) is 6.92 Å². The predicted molar refractivity (Wildman–Crippen MR) is 70.7 cm³/mol. The zero-order valence-corrected chi connectivity index (χ0v) is 10.9. The predicted octanol–water partition coefficient (Wildman–Crippen LogP) is 3.73. The zero-order chi connectivity index (χ0) is 10.7. The fraction of sp³-hybridized carbons (Fsp3) is 0.667. The van der Waals surface area contributed by atoms with Crippen LogP contribution in [0.4, 0.5) is 0 Å². The standard InChI is InChI=1S/C12H19NS2/c1-9-6-7-14-12(9)11(8-13)15-10-4-2-3-5-10/h6-7,10-11H,2-5,8,13H2,1H3. The molecule has 3 heteroatoms. The quantitative estimate of drug-likeness (QED) is 0.869. The number of aryl methyl sites for hydroxylation is 1. The van der Waals surface area contributed by atoms with Gasteiger partial charge in [0.1, 0.15) is 0 Å². The molecule has 1 aromatic rings. The smallest absolute Gasteiger partial charge is 0.0518 e. The van der Waals surface area contributed by atoms with Crippen molar-refractivity contribution < 1.29 is 0 Å². The largest absolute Gasteiger partial charge is 0.329 e. The Bertz CT molecular complexity index is 302. The van der Waals surface area contributed by atoms with E-state index < -0.39 is 0 Å². The number of thioether (sulfide) groups is 1. The summed E-state index contributed by atoms with van der Waals surface area (Å²) in [5.41, 5.74) is 7.31. The Balaban J connectivity index is 2.00. The SMILES string of the molecule is Cc1ccsc1C(CN)SC1CCCC1. The van der Waals surface area contributed by atoms with E-state index >= 15 is 0 Å². The lowest BCUT2D eigenvalue weighted by Crippen LogP contribution is -2.12. The maximum Gasteiger partial charge on any atom is 0.0518 e. The van der Waals surface area contributed by atoms with Crippen molar-refractivity contribution in [3.05, 3.63) is 21.9 Å². The van der Waals surface area contributed by atoms with E-state index in [0.29, 0.717) is 5.25 Å². The maximum absolute atomic E-state index is 5.90. The van der Waals surface area contributed by atoms with Crippen LogP contribution in [0.5, 0.6) is 0 Å². The van der Waals surface area contributed by atoms with Crippen molar-refractivity contribution in [2.24, 2.45) is 5.73 Å². The molecule has 0 aliphatic heterocycles. The fourth-order valence-corrected chi connectivity index (χ4v) is 4.94. The molecule has 1 atom stereocenters. The highest BCUT2D eigenvalue weighted by atomic mass is 32.2. The summed E-state index contributed by atoms with van der Waals surface area (Å²) in [6, 6.07) is 2.21. The second-order valence-corrected chi connectivity index (χ2v) is 6.69. The number of hydrogen-bond acceptors (Lipinski definition) is 3. The minimum absolute atomic E-state index is 0.535. The molecule has 0 saturated heterocycles. The van der Waals surface area contributed by atoms with Crippen LogP contribution in [0.1, 0.15) is 41.4 Å². The molecule has 1 nitrogen and oxygen atoms in total. The summed E-state index contributed by atoms with van der Waals surface area (Å²) in [5, 5.41) is 3.58. The number of thiophene rings is 1. The molecule has 1 aliphatic carbocycles. The van der Waals surface area contributed by atoms with E-state index in [4.69, 9.17) is 5.73 Å². The van der Waals surface area contributed by atoms with Crippen molar-refractivity contribution in [1.29, 1.82) is 0 Å². The van der Waals surface area contributed by atoms with Gasteiger partial charge in [0.05, 0.1) is 5.25 Å². The minimum Gasteiger partial charge on any atom is -0.329 e. The number of nitrogens with two attached hydrogens (primary N) is 1. The third kappa shape index (κ3) is 2.77. The van der Waals surface area contributed by atoms with Crippen molar-refractivity contribution in [1.82, 2.24) is 0 Å². The van der Waals surface area contributed by atoms with E-state index in [0.717, 1.165) is 11.8 Å². The summed E-state index contributed by atoms with van der Waals surface area (Å²) in [4.78, 5) is 1.49. The van der Waals surface area contributed by atoms with Gasteiger partial charge in [-0.05, 0) is 36.8 Å². The average Bonchev–Trinajstić information content (AvgIpc) is 2.85. The van der Waals surface area contributed by atoms with Crippen molar-refractivity contribution in [2.75, 3.05) is 6.54 Å². The van der Waals surface area contributed by atoms with Gasteiger partial charge in [-0.25, -0.2) is 0 Å². The Kier molecular flexibility index (Phi) is 4.12. The van der Waals surface area contributed by atoms with Crippen LogP contribution in [0.2, 0.25) is 0 Å². The van der Waals surface area contributed by atoms with Crippen LogP contribution in [0.3, 0.4) is 0 Å². The molecule has 0 amide bonds. The molecule has 15 heavy (non-hydrogen) atoms. The molecule has 1 unspecified atom stereocenters. The Morgan fingerprint density at radius 1 is 1.53 bits per heavy atom. The lowest BCUT2D eigenvalue weighted by atomic mass is 10.2. The first-order chi connectivity index (χ1) is 7.31. The van der Waals surface area contributed by atoms with Gasteiger partial charge in [0.25, 0.3) is 0 Å². The minimum atomic E-state index is 0.535. The van der Waals surface area contributed by atoms with Crippen LogP contribution in [0.25, 0.3) is 0 Å². The van der Waals surface area contributed by atoms with Gasteiger partial charge in [-0.3, -0.25) is 0 Å². The number of hydrogen-bond donors (Lipinski definition) is 1. The molecule has 0 aromatic carbocycles. The Hall–Kier alpha value is 0.01000. The van der Waals surface area contributed by atoms with Gasteiger partial charge >= 0.3 is 0 Å². The van der Waals surface area contributed by atoms with Gasteiger partial charge in [0.15, 0.2) is 0 Å². The van der Waals surface area contributed by atoms with Crippen LogP contribution in [-0.2, 0) is 0 Å². The lowest BCUT2D eigenvalue weighted by Gasteiger charge is -2.18. The summed E-state index contributed by atoms with van der Waals surface area (Å²) in [6.45, 7) is 2.98. The Morgan fingerprint density at radius 3 is 2.80 bits per heavy atom. The molecule has 0 bridgehead atoms. The second-order valence-electron chi connectivity index (χ2n) is 4.23. The van der Waals surface area contributed by atoms with E-state index in [9.17, 15) is 0 Å². The topological polar surface area (TPSA) is 26.0 Å². The first kappa shape index (κ1) is 11.5. The Labute approximate surface area is 100 Å². The van der Waals surface area contributed by atoms with Gasteiger partial charge in [-0.1, -0.05) is 12.8 Å². The summed E-state index contributed by atoms with van der Waals surface area (Å²) in [7, 11) is 0. The van der Waals surface area contributed by atoms with E-state index in [-0.39, 0.29) is 0 Å². The molecular formula is C12H19NS2. The third-order valence-corrected chi connectivity index (χ3v) is 5.96. The van der Waals surface area contributed by atoms with E-state index in [2.05, 4.69) is 30.1 Å². The zero-order valence-electron chi connectivity index (χ0n) is 9.24. The fourth-order valence-electron chi connectivity index (χ4n) is 2.20. The second kappa shape index (κ2) is 5.37. The molecule has 1 heterocycles. The highest BCUT2D eigenvalue weighted by Gasteiger charge is 2.22. The lowest BCUT2D eigenvalue weighted by molar-refractivity contribution is 0.877. The normalized spacial score (nSPS) is 19.6. The third-order valence-electron chi connectivity index (χ3n) is 3.07. The van der Waals surface area contributed by atoms with Crippen LogP contribution >= 0.6 is 23.1 Å². The maximum atomic E-state index is 5.90. The van der Waals surface area contributed by atoms with Crippen molar-refractivity contribution >= 4 is 23.1 Å². The van der Waals surface area contributed by atoms with Gasteiger partial charge in [0, 0.05) is 16.7 Å². The number of rotatable bonds is 4. The van der Waals surface area contributed by atoms with Crippen LogP contribution in [0.15, 0.2) is 11.4 Å². The molecule has 1 fully saturated rings. The van der Waals surface area contributed by atoms with Crippen molar-refractivity contribution in [2.45, 2.75) is 43.1 Å². The molecule has 0 radical (unpaired) electrons. The summed E-state index contributed by atoms with van der Waals surface area (Å²) in [6.07, 6.45) is 5.62. The highest BCUT2D eigenvalue weighted by molar-refractivity contribution is 8.00.